The first kappa shape index (κ1) is 16.6. The van der Waals surface area contributed by atoms with Crippen molar-refractivity contribution in [3.05, 3.63) is 21.3 Å². The van der Waals surface area contributed by atoms with Gasteiger partial charge in [0.15, 0.2) is 5.13 Å². The third kappa shape index (κ3) is 2.81. The van der Waals surface area contributed by atoms with Crippen molar-refractivity contribution in [2.45, 2.75) is 30.7 Å². The maximum atomic E-state index is 12.6. The molecular formula is C15H14BrN3O2S3. The molecule has 2 saturated heterocycles. The number of nitrogens with zero attached hydrogens (tertiary/aromatic N) is 2. The van der Waals surface area contributed by atoms with Crippen molar-refractivity contribution in [2.24, 2.45) is 0 Å². The van der Waals surface area contributed by atoms with Crippen LogP contribution >= 0.6 is 50.4 Å². The van der Waals surface area contributed by atoms with E-state index in [2.05, 4.69) is 26.2 Å². The molecule has 0 bridgehead atoms. The highest BCUT2D eigenvalue weighted by Gasteiger charge is 2.52. The number of thioether (sulfide) groups is 1. The van der Waals surface area contributed by atoms with Gasteiger partial charge in [-0.25, -0.2) is 4.98 Å². The molecule has 0 unspecified atom stereocenters. The molecule has 2 aliphatic rings. The number of thiazole rings is 1. The Balaban J connectivity index is 1.49. The summed E-state index contributed by atoms with van der Waals surface area (Å²) in [7, 11) is 0. The molecule has 0 aromatic carbocycles. The zero-order valence-electron chi connectivity index (χ0n) is 12.7. The van der Waals surface area contributed by atoms with Crippen LogP contribution < -0.4 is 5.32 Å². The van der Waals surface area contributed by atoms with Gasteiger partial charge in [-0.1, -0.05) is 0 Å². The molecule has 2 amide bonds. The fourth-order valence-corrected chi connectivity index (χ4v) is 6.67. The smallest absolute Gasteiger partial charge is 0.249 e. The lowest BCUT2D eigenvalue weighted by Gasteiger charge is -2.29. The molecule has 1 N–H and O–H groups in total. The normalized spacial score (nSPS) is 26.0. The van der Waals surface area contributed by atoms with Crippen molar-refractivity contribution in [1.82, 2.24) is 9.88 Å². The second-order valence-electron chi connectivity index (χ2n) is 5.90. The molecule has 0 saturated carbocycles. The Morgan fingerprint density at radius 1 is 1.50 bits per heavy atom. The van der Waals surface area contributed by atoms with E-state index in [4.69, 9.17) is 0 Å². The summed E-state index contributed by atoms with van der Waals surface area (Å²) in [4.78, 5) is 31.9. The molecule has 2 atom stereocenters. The lowest BCUT2D eigenvalue weighted by molar-refractivity contribution is -0.135. The summed E-state index contributed by atoms with van der Waals surface area (Å²) >= 11 is 8.14. The van der Waals surface area contributed by atoms with Crippen LogP contribution in [0.25, 0.3) is 10.6 Å². The van der Waals surface area contributed by atoms with Crippen LogP contribution in [-0.2, 0) is 9.59 Å². The van der Waals surface area contributed by atoms with Gasteiger partial charge in [0, 0.05) is 17.6 Å². The second-order valence-corrected chi connectivity index (χ2v) is 10.7. The predicted molar refractivity (Wildman–Crippen MR) is 102 cm³/mol. The number of anilines is 1. The Hall–Kier alpha value is -0.900. The number of hydrogen-bond donors (Lipinski definition) is 1. The Kier molecular flexibility index (Phi) is 4.22. The largest absolute Gasteiger partial charge is 0.315 e. The molecule has 126 valence electrons. The molecular weight excluding hydrogens is 430 g/mol. The van der Waals surface area contributed by atoms with Gasteiger partial charge >= 0.3 is 0 Å². The Morgan fingerprint density at radius 3 is 3.08 bits per heavy atom. The average Bonchev–Trinajstić information content (AvgIpc) is 3.27. The standard InChI is InChI=1S/C15H14BrN3O2S3/c1-15-5-4-12(20)19(15)9(7-23-15)13(21)18-14-17-8(6-22-14)10-2-3-11(16)24-10/h2-3,6,9H,4-5,7H2,1H3,(H,17,18,21)/t9-,15-/m0/s1. The number of thiophene rings is 1. The topological polar surface area (TPSA) is 62.3 Å². The van der Waals surface area contributed by atoms with E-state index in [0.717, 1.165) is 20.8 Å². The van der Waals surface area contributed by atoms with Gasteiger partial charge in [-0.05, 0) is 41.4 Å². The van der Waals surface area contributed by atoms with E-state index in [0.29, 0.717) is 17.3 Å². The molecule has 0 spiro atoms. The summed E-state index contributed by atoms with van der Waals surface area (Å²) in [5.41, 5.74) is 0.855. The molecule has 2 fully saturated rings. The minimum absolute atomic E-state index is 0.0749. The van der Waals surface area contributed by atoms with E-state index < -0.39 is 6.04 Å². The Labute approximate surface area is 160 Å². The summed E-state index contributed by atoms with van der Waals surface area (Å²) in [6.07, 6.45) is 1.34. The van der Waals surface area contributed by atoms with Gasteiger partial charge < -0.3 is 10.2 Å². The molecule has 5 nitrogen and oxygen atoms in total. The van der Waals surface area contributed by atoms with Crippen LogP contribution in [0.2, 0.25) is 0 Å². The van der Waals surface area contributed by atoms with Crippen molar-refractivity contribution in [3.63, 3.8) is 0 Å². The highest BCUT2D eigenvalue weighted by Crippen LogP contribution is 2.47. The molecule has 9 heteroatoms. The molecule has 4 rings (SSSR count). The first-order chi connectivity index (χ1) is 11.5. The predicted octanol–water partition coefficient (Wildman–Crippen LogP) is 4.03. The first-order valence-electron chi connectivity index (χ1n) is 7.44. The van der Waals surface area contributed by atoms with E-state index >= 15 is 0 Å². The number of aromatic nitrogens is 1. The lowest BCUT2D eigenvalue weighted by atomic mass is 10.2. The van der Waals surface area contributed by atoms with Crippen LogP contribution in [0.15, 0.2) is 21.3 Å². The maximum Gasteiger partial charge on any atom is 0.249 e. The number of carbonyl (C=O) groups excluding carboxylic acids is 2. The number of hydrogen-bond acceptors (Lipinski definition) is 6. The van der Waals surface area contributed by atoms with Crippen LogP contribution in [0.4, 0.5) is 5.13 Å². The van der Waals surface area contributed by atoms with Crippen LogP contribution in [0, 0.1) is 0 Å². The number of nitrogens with one attached hydrogen (secondary N) is 1. The van der Waals surface area contributed by atoms with Crippen molar-refractivity contribution >= 4 is 67.3 Å². The van der Waals surface area contributed by atoms with Crippen LogP contribution in [0.1, 0.15) is 19.8 Å². The quantitative estimate of drug-likeness (QED) is 0.777. The van der Waals surface area contributed by atoms with Crippen LogP contribution in [0.5, 0.6) is 0 Å². The van der Waals surface area contributed by atoms with Crippen molar-refractivity contribution < 1.29 is 9.59 Å². The minimum atomic E-state index is -0.404. The van der Waals surface area contributed by atoms with Crippen LogP contribution in [0.3, 0.4) is 0 Å². The van der Waals surface area contributed by atoms with Gasteiger partial charge in [0.05, 0.1) is 19.2 Å². The van der Waals surface area contributed by atoms with E-state index in [-0.39, 0.29) is 16.7 Å². The third-order valence-electron chi connectivity index (χ3n) is 4.31. The number of halogens is 1. The molecule has 2 aromatic heterocycles. The average molecular weight is 444 g/mol. The highest BCUT2D eigenvalue weighted by atomic mass is 79.9. The van der Waals surface area contributed by atoms with Gasteiger partial charge in [-0.2, -0.15) is 0 Å². The summed E-state index contributed by atoms with van der Waals surface area (Å²) in [6.45, 7) is 2.05. The summed E-state index contributed by atoms with van der Waals surface area (Å²) in [6, 6.07) is 3.57. The lowest BCUT2D eigenvalue weighted by Crippen LogP contribution is -2.48. The van der Waals surface area contributed by atoms with Gasteiger partial charge in [-0.3, -0.25) is 9.59 Å². The summed E-state index contributed by atoms with van der Waals surface area (Å²) in [5, 5.41) is 5.39. The number of fused-ring (bicyclic) bond motifs is 1. The van der Waals surface area contributed by atoms with Gasteiger partial charge in [-0.15, -0.1) is 34.4 Å². The summed E-state index contributed by atoms with van der Waals surface area (Å²) < 4.78 is 1.05. The molecule has 2 aromatic rings. The van der Waals surface area contributed by atoms with Crippen molar-refractivity contribution in [3.8, 4) is 10.6 Å². The monoisotopic (exact) mass is 443 g/mol. The van der Waals surface area contributed by atoms with E-state index in [1.807, 2.05) is 24.4 Å². The second kappa shape index (κ2) is 6.12. The molecule has 0 aliphatic carbocycles. The van der Waals surface area contributed by atoms with Gasteiger partial charge in [0.25, 0.3) is 0 Å². The number of amides is 2. The third-order valence-corrected chi connectivity index (χ3v) is 8.22. The first-order valence-corrected chi connectivity index (χ1v) is 10.9. The Bertz CT molecular complexity index is 821. The van der Waals surface area contributed by atoms with Gasteiger partial charge in [0.1, 0.15) is 6.04 Å². The zero-order valence-corrected chi connectivity index (χ0v) is 16.8. The number of carbonyl (C=O) groups is 2. The van der Waals surface area contributed by atoms with E-state index in [1.54, 1.807) is 28.0 Å². The van der Waals surface area contributed by atoms with E-state index in [1.165, 1.54) is 11.3 Å². The molecule has 24 heavy (non-hydrogen) atoms. The fraction of sp³-hybridized carbons (Fsp3) is 0.400. The molecule has 0 radical (unpaired) electrons. The molecule has 2 aliphatic heterocycles. The maximum absolute atomic E-state index is 12.6. The van der Waals surface area contributed by atoms with Crippen molar-refractivity contribution in [2.75, 3.05) is 11.1 Å². The van der Waals surface area contributed by atoms with Crippen molar-refractivity contribution in [1.29, 1.82) is 0 Å². The molecule has 4 heterocycles. The minimum Gasteiger partial charge on any atom is -0.315 e. The number of rotatable bonds is 3. The summed E-state index contributed by atoms with van der Waals surface area (Å²) in [5.74, 6) is 0.574. The fourth-order valence-electron chi connectivity index (χ4n) is 3.10. The van der Waals surface area contributed by atoms with Gasteiger partial charge in [0.2, 0.25) is 11.8 Å². The zero-order chi connectivity index (χ0) is 16.9. The highest BCUT2D eigenvalue weighted by molar-refractivity contribution is 9.11. The Morgan fingerprint density at radius 2 is 2.33 bits per heavy atom. The SMILES string of the molecule is C[C@]12CCC(=O)N1[C@H](C(=O)Nc1nc(-c3ccc(Br)s3)cs1)CS2. The van der Waals surface area contributed by atoms with Crippen LogP contribution in [-0.4, -0.2) is 38.4 Å². The van der Waals surface area contributed by atoms with E-state index in [9.17, 15) is 9.59 Å².